The Morgan fingerprint density at radius 3 is 2.82 bits per heavy atom. The summed E-state index contributed by atoms with van der Waals surface area (Å²) in [4.78, 5) is 37.1. The Balaban J connectivity index is 1.40. The maximum absolute atomic E-state index is 13.3. The van der Waals surface area contributed by atoms with Crippen LogP contribution in [0.4, 0.5) is 22.0 Å². The number of para-hydroxylation sites is 1. The monoisotopic (exact) mass is 464 g/mol. The molecular weight excluding hydrogens is 428 g/mol. The Bertz CT molecular complexity index is 993. The molecular formula is C26H36N6O2. The molecule has 0 spiro atoms. The first-order valence-corrected chi connectivity index (χ1v) is 12.5. The van der Waals surface area contributed by atoms with Gasteiger partial charge >= 0.3 is 6.03 Å². The molecule has 2 aliphatic rings. The number of carbonyl (C=O) groups excluding carboxylic acids is 2. The third kappa shape index (κ3) is 5.39. The lowest BCUT2D eigenvalue weighted by molar-refractivity contribution is 0.102. The molecule has 0 saturated carbocycles. The van der Waals surface area contributed by atoms with E-state index in [1.165, 1.54) is 24.2 Å². The summed E-state index contributed by atoms with van der Waals surface area (Å²) in [6, 6.07) is 11.0. The van der Waals surface area contributed by atoms with E-state index in [4.69, 9.17) is 0 Å². The number of hydrogen-bond acceptors (Lipinski definition) is 5. The quantitative estimate of drug-likeness (QED) is 0.576. The molecule has 1 atom stereocenters. The van der Waals surface area contributed by atoms with E-state index in [1.54, 1.807) is 36.5 Å². The van der Waals surface area contributed by atoms with Crippen LogP contribution in [-0.4, -0.2) is 72.0 Å². The van der Waals surface area contributed by atoms with Crippen LogP contribution in [-0.2, 0) is 0 Å². The molecule has 0 bridgehead atoms. The number of likely N-dealkylation sites (N-methyl/N-ethyl adjacent to an activating group) is 1. The SMILES string of the molecule is CCN(CC)CC1CCCCN1CCCNC(=O)N1c2ccccc2C(=O)Nc2cccnc21. The topological polar surface area (TPSA) is 80.8 Å². The highest BCUT2D eigenvalue weighted by molar-refractivity contribution is 6.16. The van der Waals surface area contributed by atoms with Gasteiger partial charge in [0.1, 0.15) is 0 Å². The van der Waals surface area contributed by atoms with Gasteiger partial charge in [0.15, 0.2) is 5.82 Å². The number of hydrogen-bond donors (Lipinski definition) is 2. The molecule has 1 unspecified atom stereocenters. The van der Waals surface area contributed by atoms with Crippen molar-refractivity contribution in [1.82, 2.24) is 20.1 Å². The summed E-state index contributed by atoms with van der Waals surface area (Å²) in [5.74, 6) is 0.179. The number of carbonyl (C=O) groups is 2. The van der Waals surface area contributed by atoms with Crippen LogP contribution in [0.1, 0.15) is 49.9 Å². The van der Waals surface area contributed by atoms with Gasteiger partial charge in [-0.2, -0.15) is 0 Å². The zero-order valence-electron chi connectivity index (χ0n) is 20.3. The summed E-state index contributed by atoms with van der Waals surface area (Å²) in [7, 11) is 0. The molecule has 0 aliphatic carbocycles. The van der Waals surface area contributed by atoms with Crippen molar-refractivity contribution in [2.45, 2.75) is 45.6 Å². The van der Waals surface area contributed by atoms with Crippen molar-refractivity contribution in [2.75, 3.05) is 49.5 Å². The Morgan fingerprint density at radius 1 is 1.18 bits per heavy atom. The molecule has 3 heterocycles. The van der Waals surface area contributed by atoms with Crippen molar-refractivity contribution in [3.8, 4) is 0 Å². The average molecular weight is 465 g/mol. The van der Waals surface area contributed by atoms with E-state index in [9.17, 15) is 9.59 Å². The highest BCUT2D eigenvalue weighted by Crippen LogP contribution is 2.36. The first-order valence-electron chi connectivity index (χ1n) is 12.5. The third-order valence-electron chi connectivity index (χ3n) is 6.85. The number of amides is 3. The van der Waals surface area contributed by atoms with Crippen LogP contribution in [0.2, 0.25) is 0 Å². The number of likely N-dealkylation sites (tertiary alicyclic amines) is 1. The smallest absolute Gasteiger partial charge is 0.327 e. The zero-order chi connectivity index (χ0) is 23.9. The number of nitrogens with zero attached hydrogens (tertiary/aromatic N) is 4. The van der Waals surface area contributed by atoms with Gasteiger partial charge in [-0.1, -0.05) is 32.4 Å². The molecule has 1 saturated heterocycles. The van der Waals surface area contributed by atoms with E-state index in [-0.39, 0.29) is 11.9 Å². The molecule has 8 heteroatoms. The molecule has 4 rings (SSSR count). The predicted molar refractivity (Wildman–Crippen MR) is 136 cm³/mol. The first-order chi connectivity index (χ1) is 16.6. The molecule has 1 fully saturated rings. The Labute approximate surface area is 202 Å². The van der Waals surface area contributed by atoms with Gasteiger partial charge in [-0.15, -0.1) is 0 Å². The molecule has 1 aromatic heterocycles. The van der Waals surface area contributed by atoms with Gasteiger partial charge in [-0.3, -0.25) is 9.69 Å². The van der Waals surface area contributed by atoms with Crippen LogP contribution in [0.15, 0.2) is 42.6 Å². The van der Waals surface area contributed by atoms with E-state index in [0.29, 0.717) is 35.3 Å². The lowest BCUT2D eigenvalue weighted by Crippen LogP contribution is -2.47. The fourth-order valence-electron chi connectivity index (χ4n) is 4.94. The zero-order valence-corrected chi connectivity index (χ0v) is 20.3. The summed E-state index contributed by atoms with van der Waals surface area (Å²) in [6.45, 7) is 10.4. The predicted octanol–water partition coefficient (Wildman–Crippen LogP) is 4.08. The molecule has 2 N–H and O–H groups in total. The number of aromatic nitrogens is 1. The molecule has 0 radical (unpaired) electrons. The molecule has 182 valence electrons. The van der Waals surface area contributed by atoms with Crippen molar-refractivity contribution in [2.24, 2.45) is 0 Å². The van der Waals surface area contributed by atoms with Crippen molar-refractivity contribution in [3.05, 3.63) is 48.2 Å². The molecule has 1 aromatic carbocycles. The Morgan fingerprint density at radius 2 is 2.00 bits per heavy atom. The summed E-state index contributed by atoms with van der Waals surface area (Å²) < 4.78 is 0. The number of anilines is 3. The molecule has 2 aliphatic heterocycles. The fourth-order valence-corrected chi connectivity index (χ4v) is 4.94. The fraction of sp³-hybridized carbons (Fsp3) is 0.500. The van der Waals surface area contributed by atoms with Gasteiger partial charge in [0.25, 0.3) is 5.91 Å². The number of nitrogens with one attached hydrogen (secondary N) is 2. The van der Waals surface area contributed by atoms with Crippen molar-refractivity contribution < 1.29 is 9.59 Å². The van der Waals surface area contributed by atoms with Gasteiger partial charge in [0.2, 0.25) is 0 Å². The maximum Gasteiger partial charge on any atom is 0.327 e. The standard InChI is InChI=1S/C26H36N6O2/c1-3-30(4-2)19-20-11-7-8-17-31(20)18-10-16-28-26(34)32-23-14-6-5-12-21(23)25(33)29-22-13-9-15-27-24(22)32/h5-6,9,12-15,20H,3-4,7-8,10-11,16-19H2,1-2H3,(H,28,34)(H,29,33). The first kappa shape index (κ1) is 24.2. The highest BCUT2D eigenvalue weighted by Gasteiger charge is 2.30. The third-order valence-corrected chi connectivity index (χ3v) is 6.85. The second-order valence-corrected chi connectivity index (χ2v) is 8.94. The van der Waals surface area contributed by atoms with Crippen LogP contribution >= 0.6 is 0 Å². The maximum atomic E-state index is 13.3. The van der Waals surface area contributed by atoms with E-state index in [0.717, 1.165) is 39.1 Å². The number of benzene rings is 1. The lowest BCUT2D eigenvalue weighted by atomic mass is 10.0. The minimum absolute atomic E-state index is 0.246. The van der Waals surface area contributed by atoms with Gasteiger partial charge in [-0.25, -0.2) is 14.7 Å². The molecule has 8 nitrogen and oxygen atoms in total. The Kier molecular flexibility index (Phi) is 8.13. The van der Waals surface area contributed by atoms with E-state index in [1.807, 2.05) is 6.07 Å². The van der Waals surface area contributed by atoms with Crippen LogP contribution in [0.3, 0.4) is 0 Å². The number of pyridine rings is 1. The van der Waals surface area contributed by atoms with Crippen LogP contribution < -0.4 is 15.5 Å². The normalized spacial score (nSPS) is 18.1. The second-order valence-electron chi connectivity index (χ2n) is 8.94. The highest BCUT2D eigenvalue weighted by atomic mass is 16.2. The minimum atomic E-state index is -0.276. The van der Waals surface area contributed by atoms with E-state index >= 15 is 0 Å². The van der Waals surface area contributed by atoms with Crippen LogP contribution in [0.5, 0.6) is 0 Å². The van der Waals surface area contributed by atoms with Crippen LogP contribution in [0, 0.1) is 0 Å². The number of urea groups is 1. The largest absolute Gasteiger partial charge is 0.337 e. The van der Waals surface area contributed by atoms with Crippen LogP contribution in [0.25, 0.3) is 0 Å². The summed E-state index contributed by atoms with van der Waals surface area (Å²) in [5.41, 5.74) is 1.50. The minimum Gasteiger partial charge on any atom is -0.337 e. The summed E-state index contributed by atoms with van der Waals surface area (Å²) in [5, 5.41) is 5.94. The number of rotatable bonds is 8. The van der Waals surface area contributed by atoms with Gasteiger partial charge < -0.3 is 15.5 Å². The number of fused-ring (bicyclic) bond motifs is 2. The van der Waals surface area contributed by atoms with Gasteiger partial charge in [0, 0.05) is 31.9 Å². The molecule has 3 amide bonds. The van der Waals surface area contributed by atoms with Gasteiger partial charge in [-0.05, 0) is 63.2 Å². The lowest BCUT2D eigenvalue weighted by Gasteiger charge is -2.38. The van der Waals surface area contributed by atoms with Crippen molar-refractivity contribution in [3.63, 3.8) is 0 Å². The molecule has 2 aromatic rings. The number of piperidine rings is 1. The average Bonchev–Trinajstić information content (AvgIpc) is 2.99. The Hall–Kier alpha value is -2.97. The second kappa shape index (κ2) is 11.4. The van der Waals surface area contributed by atoms with E-state index < -0.39 is 0 Å². The summed E-state index contributed by atoms with van der Waals surface area (Å²) >= 11 is 0. The molecule has 34 heavy (non-hydrogen) atoms. The van der Waals surface area contributed by atoms with Crippen molar-refractivity contribution >= 4 is 29.1 Å². The van der Waals surface area contributed by atoms with Gasteiger partial charge in [0.05, 0.1) is 16.9 Å². The van der Waals surface area contributed by atoms with E-state index in [2.05, 4.69) is 39.3 Å². The van der Waals surface area contributed by atoms with Crippen molar-refractivity contribution in [1.29, 1.82) is 0 Å². The summed E-state index contributed by atoms with van der Waals surface area (Å²) in [6.07, 6.45) is 6.30.